The predicted molar refractivity (Wildman–Crippen MR) is 127 cm³/mol. The molecule has 0 unspecified atom stereocenters. The smallest absolute Gasteiger partial charge is 0.261 e. The van der Waals surface area contributed by atoms with Gasteiger partial charge in [0.15, 0.2) is 0 Å². The van der Waals surface area contributed by atoms with Gasteiger partial charge in [0.1, 0.15) is 5.82 Å². The normalized spacial score (nSPS) is 13.8. The van der Waals surface area contributed by atoms with Crippen LogP contribution in [-0.2, 0) is 39.6 Å². The molecule has 3 aromatic rings. The molecule has 0 radical (unpaired) electrons. The Balaban J connectivity index is 1.56. The van der Waals surface area contributed by atoms with Crippen LogP contribution in [0.5, 0.6) is 0 Å². The highest BCUT2D eigenvalue weighted by atomic mass is 32.2. The number of hydrogen-bond acceptors (Lipinski definition) is 6. The van der Waals surface area contributed by atoms with E-state index in [1.54, 1.807) is 12.1 Å². The first kappa shape index (κ1) is 23.3. The van der Waals surface area contributed by atoms with Crippen LogP contribution in [0.2, 0.25) is 0 Å². The first-order valence-corrected chi connectivity index (χ1v) is 13.4. The van der Waals surface area contributed by atoms with Crippen LogP contribution in [0.3, 0.4) is 0 Å². The van der Waals surface area contributed by atoms with Gasteiger partial charge in [0.2, 0.25) is 10.0 Å². The van der Waals surface area contributed by atoms with Crippen molar-refractivity contribution in [1.82, 2.24) is 13.9 Å². The monoisotopic (exact) mass is 489 g/mol. The van der Waals surface area contributed by atoms with Gasteiger partial charge in [-0.25, -0.2) is 26.1 Å². The molecular weight excluding hydrogens is 462 g/mol. The van der Waals surface area contributed by atoms with Gasteiger partial charge in [-0.2, -0.15) is 0 Å². The van der Waals surface area contributed by atoms with E-state index in [4.69, 9.17) is 0 Å². The van der Waals surface area contributed by atoms with Gasteiger partial charge in [-0.3, -0.25) is 4.72 Å². The molecule has 11 heteroatoms. The summed E-state index contributed by atoms with van der Waals surface area (Å²) < 4.78 is 56.5. The molecule has 33 heavy (non-hydrogen) atoms. The van der Waals surface area contributed by atoms with Crippen LogP contribution in [0.15, 0.2) is 64.5 Å². The SMILES string of the molecule is CN(Cc1cnc2n1CCC2)c1ccccc1NS(=O)(=O)c1ccc(S(=O)(=O)N(C)C)cc1. The van der Waals surface area contributed by atoms with Crippen molar-refractivity contribution in [3.8, 4) is 0 Å². The number of sulfonamides is 2. The summed E-state index contributed by atoms with van der Waals surface area (Å²) in [6.45, 7) is 1.54. The van der Waals surface area contributed by atoms with E-state index >= 15 is 0 Å². The summed E-state index contributed by atoms with van der Waals surface area (Å²) in [5, 5.41) is 0. The summed E-state index contributed by atoms with van der Waals surface area (Å²) in [6.07, 6.45) is 3.95. The van der Waals surface area contributed by atoms with Crippen LogP contribution in [-0.4, -0.2) is 51.8 Å². The summed E-state index contributed by atoms with van der Waals surface area (Å²) in [5.74, 6) is 1.09. The third kappa shape index (κ3) is 4.61. The molecule has 2 aromatic carbocycles. The van der Waals surface area contributed by atoms with E-state index in [0.29, 0.717) is 12.2 Å². The van der Waals surface area contributed by atoms with E-state index in [-0.39, 0.29) is 9.79 Å². The highest BCUT2D eigenvalue weighted by Gasteiger charge is 2.22. The fourth-order valence-electron chi connectivity index (χ4n) is 3.87. The Morgan fingerprint density at radius 3 is 2.33 bits per heavy atom. The number of benzene rings is 2. The second-order valence-electron chi connectivity index (χ2n) is 8.16. The molecule has 4 rings (SSSR count). The number of fused-ring (bicyclic) bond motifs is 1. The molecule has 0 bridgehead atoms. The topological polar surface area (TPSA) is 105 Å². The van der Waals surface area contributed by atoms with Gasteiger partial charge in [0, 0.05) is 34.1 Å². The minimum absolute atomic E-state index is 0.0220. The molecule has 2 heterocycles. The first-order valence-electron chi connectivity index (χ1n) is 10.5. The van der Waals surface area contributed by atoms with E-state index in [1.165, 1.54) is 38.4 Å². The van der Waals surface area contributed by atoms with Gasteiger partial charge < -0.3 is 9.47 Å². The van der Waals surface area contributed by atoms with Crippen LogP contribution in [0, 0.1) is 0 Å². The van der Waals surface area contributed by atoms with Crippen molar-refractivity contribution in [3.63, 3.8) is 0 Å². The molecule has 1 aromatic heterocycles. The summed E-state index contributed by atoms with van der Waals surface area (Å²) in [5.41, 5.74) is 2.24. The molecule has 0 saturated carbocycles. The zero-order chi connectivity index (χ0) is 23.8. The molecule has 0 atom stereocenters. The number of nitrogens with one attached hydrogen (secondary N) is 1. The third-order valence-electron chi connectivity index (χ3n) is 5.67. The highest BCUT2D eigenvalue weighted by Crippen LogP contribution is 2.29. The minimum Gasteiger partial charge on any atom is -0.367 e. The standard InChI is InChI=1S/C22H27N5O4S2/c1-25(2)33(30,31)19-12-10-18(11-13-19)32(28,29)24-20-7-4-5-8-21(20)26(3)16-17-15-23-22-9-6-14-27(17)22/h4-5,7-8,10-13,15,24H,6,9,14,16H2,1-3H3. The zero-order valence-electron chi connectivity index (χ0n) is 18.8. The molecule has 0 amide bonds. The predicted octanol–water partition coefficient (Wildman–Crippen LogP) is 2.52. The first-order chi connectivity index (χ1) is 15.6. The lowest BCUT2D eigenvalue weighted by Crippen LogP contribution is -2.23. The second kappa shape index (κ2) is 8.81. The van der Waals surface area contributed by atoms with Gasteiger partial charge in [-0.05, 0) is 42.8 Å². The Morgan fingerprint density at radius 2 is 1.64 bits per heavy atom. The van der Waals surface area contributed by atoms with Crippen molar-refractivity contribution in [3.05, 3.63) is 66.2 Å². The summed E-state index contributed by atoms with van der Waals surface area (Å²) in [4.78, 5) is 6.46. The number of aromatic nitrogens is 2. The molecule has 0 fully saturated rings. The number of para-hydroxylation sites is 2. The lowest BCUT2D eigenvalue weighted by molar-refractivity contribution is 0.520. The number of aryl methyl sites for hydroxylation is 1. The van der Waals surface area contributed by atoms with Gasteiger partial charge in [0.25, 0.3) is 10.0 Å². The largest absolute Gasteiger partial charge is 0.367 e. The summed E-state index contributed by atoms with van der Waals surface area (Å²) in [7, 11) is -2.81. The van der Waals surface area contributed by atoms with Crippen molar-refractivity contribution in [2.45, 2.75) is 35.7 Å². The maximum atomic E-state index is 13.0. The third-order valence-corrected chi connectivity index (χ3v) is 8.89. The van der Waals surface area contributed by atoms with Crippen LogP contribution in [0.1, 0.15) is 17.9 Å². The van der Waals surface area contributed by atoms with Crippen LogP contribution >= 0.6 is 0 Å². The molecule has 1 N–H and O–H groups in total. The number of hydrogen-bond donors (Lipinski definition) is 1. The van der Waals surface area contributed by atoms with Crippen LogP contribution in [0.4, 0.5) is 11.4 Å². The molecule has 176 valence electrons. The molecule has 1 aliphatic heterocycles. The van der Waals surface area contributed by atoms with Gasteiger partial charge in [0.05, 0.1) is 39.6 Å². The van der Waals surface area contributed by atoms with Gasteiger partial charge in [-0.1, -0.05) is 12.1 Å². The van der Waals surface area contributed by atoms with Crippen LogP contribution in [0.25, 0.3) is 0 Å². The summed E-state index contributed by atoms with van der Waals surface area (Å²) in [6, 6.07) is 12.3. The van der Waals surface area contributed by atoms with Crippen molar-refractivity contribution >= 4 is 31.4 Å². The van der Waals surface area contributed by atoms with E-state index in [9.17, 15) is 16.8 Å². The molecule has 9 nitrogen and oxygen atoms in total. The minimum atomic E-state index is -3.93. The van der Waals surface area contributed by atoms with E-state index in [1.807, 2.05) is 30.3 Å². The fourth-order valence-corrected chi connectivity index (χ4v) is 5.85. The van der Waals surface area contributed by atoms with Gasteiger partial charge in [-0.15, -0.1) is 0 Å². The number of rotatable bonds is 8. The van der Waals surface area contributed by atoms with Gasteiger partial charge >= 0.3 is 0 Å². The van der Waals surface area contributed by atoms with E-state index in [2.05, 4.69) is 14.3 Å². The Morgan fingerprint density at radius 1 is 0.970 bits per heavy atom. The maximum absolute atomic E-state index is 13.0. The highest BCUT2D eigenvalue weighted by molar-refractivity contribution is 7.92. The zero-order valence-corrected chi connectivity index (χ0v) is 20.4. The van der Waals surface area contributed by atoms with E-state index < -0.39 is 20.0 Å². The Bertz CT molecular complexity index is 1360. The lowest BCUT2D eigenvalue weighted by Gasteiger charge is -2.23. The number of imidazole rings is 1. The Kier molecular flexibility index (Phi) is 6.21. The van der Waals surface area contributed by atoms with Crippen molar-refractivity contribution in [1.29, 1.82) is 0 Å². The quantitative estimate of drug-likeness (QED) is 0.521. The van der Waals surface area contributed by atoms with Crippen molar-refractivity contribution < 1.29 is 16.8 Å². The van der Waals surface area contributed by atoms with Crippen molar-refractivity contribution in [2.24, 2.45) is 0 Å². The second-order valence-corrected chi connectivity index (χ2v) is 12.0. The average molecular weight is 490 g/mol. The Hall–Kier alpha value is -2.89. The number of nitrogens with zero attached hydrogens (tertiary/aromatic N) is 4. The Labute approximate surface area is 194 Å². The maximum Gasteiger partial charge on any atom is 0.261 e. The number of anilines is 2. The molecular formula is C22H27N5O4S2. The van der Waals surface area contributed by atoms with Crippen LogP contribution < -0.4 is 9.62 Å². The fraction of sp³-hybridized carbons (Fsp3) is 0.318. The average Bonchev–Trinajstić information content (AvgIpc) is 3.39. The molecule has 0 spiro atoms. The van der Waals surface area contributed by atoms with E-state index in [0.717, 1.165) is 40.9 Å². The molecule has 0 aliphatic carbocycles. The lowest BCUT2D eigenvalue weighted by atomic mass is 10.2. The summed E-state index contributed by atoms with van der Waals surface area (Å²) >= 11 is 0. The van der Waals surface area contributed by atoms with Crippen molar-refractivity contribution in [2.75, 3.05) is 30.8 Å². The molecule has 0 saturated heterocycles. The molecule has 1 aliphatic rings.